The third kappa shape index (κ3) is 4.25. The summed E-state index contributed by atoms with van der Waals surface area (Å²) in [7, 11) is -3.15. The van der Waals surface area contributed by atoms with Gasteiger partial charge in [-0.3, -0.25) is 4.79 Å². The van der Waals surface area contributed by atoms with Crippen molar-refractivity contribution in [1.82, 2.24) is 4.72 Å². The number of hydrogen-bond donors (Lipinski definition) is 3. The Morgan fingerprint density at radius 2 is 1.95 bits per heavy atom. The minimum absolute atomic E-state index is 0.208. The van der Waals surface area contributed by atoms with Gasteiger partial charge in [-0.1, -0.05) is 12.1 Å². The summed E-state index contributed by atoms with van der Waals surface area (Å²) in [6.07, 6.45) is -0.297. The maximum atomic E-state index is 12.2. The fourth-order valence-corrected chi connectivity index (χ4v) is 3.01. The highest BCUT2D eigenvalue weighted by Crippen LogP contribution is 2.17. The van der Waals surface area contributed by atoms with Crippen LogP contribution in [0.2, 0.25) is 0 Å². The summed E-state index contributed by atoms with van der Waals surface area (Å²) in [5.74, 6) is -2.28. The van der Waals surface area contributed by atoms with Crippen molar-refractivity contribution >= 4 is 22.0 Å². The first-order valence-electron chi connectivity index (χ1n) is 5.86. The van der Waals surface area contributed by atoms with Gasteiger partial charge in [-0.25, -0.2) is 13.2 Å². The van der Waals surface area contributed by atoms with E-state index in [-0.39, 0.29) is 16.9 Å². The Labute approximate surface area is 121 Å². The molecule has 0 spiro atoms. The van der Waals surface area contributed by atoms with Gasteiger partial charge < -0.3 is 14.9 Å². The molecule has 0 radical (unpaired) electrons. The summed E-state index contributed by atoms with van der Waals surface area (Å²) >= 11 is 0. The summed E-state index contributed by atoms with van der Waals surface area (Å²) in [4.78, 5) is 22.1. The van der Waals surface area contributed by atoms with Crippen LogP contribution >= 0.6 is 0 Å². The number of aliphatic hydroxyl groups excluding tert-OH is 1. The summed E-state index contributed by atoms with van der Waals surface area (Å²) in [5, 5.41) is 17.7. The molecule has 0 unspecified atom stereocenters. The van der Waals surface area contributed by atoms with Crippen LogP contribution in [0.25, 0.3) is 0 Å². The minimum atomic E-state index is -4.26. The molecular weight excluding hydrogens is 302 g/mol. The number of hydrogen-bond acceptors (Lipinski definition) is 6. The lowest BCUT2D eigenvalue weighted by Crippen LogP contribution is -2.41. The van der Waals surface area contributed by atoms with Gasteiger partial charge in [-0.2, -0.15) is 4.72 Å². The van der Waals surface area contributed by atoms with Gasteiger partial charge in [0.15, 0.2) is 0 Å². The Kier molecular flexibility index (Phi) is 5.82. The van der Waals surface area contributed by atoms with Crippen LogP contribution < -0.4 is 4.72 Å². The molecule has 0 aliphatic rings. The molecule has 0 heterocycles. The highest BCUT2D eigenvalue weighted by Gasteiger charge is 2.28. The van der Waals surface area contributed by atoms with Gasteiger partial charge >= 0.3 is 11.9 Å². The van der Waals surface area contributed by atoms with Crippen molar-refractivity contribution < 1.29 is 33.0 Å². The number of rotatable bonds is 7. The number of sulfonamides is 1. The molecule has 0 aliphatic heterocycles. The number of carboxylic acids is 1. The van der Waals surface area contributed by atoms with Gasteiger partial charge in [0.25, 0.3) is 0 Å². The molecule has 0 bridgehead atoms. The Bertz CT molecular complexity index is 626. The second kappa shape index (κ2) is 7.16. The van der Waals surface area contributed by atoms with E-state index in [9.17, 15) is 18.0 Å². The Balaban J connectivity index is 3.19. The number of carbonyl (C=O) groups is 2. The molecule has 1 aromatic carbocycles. The molecule has 0 amide bonds. The number of benzene rings is 1. The Morgan fingerprint density at radius 1 is 1.33 bits per heavy atom. The molecule has 116 valence electrons. The van der Waals surface area contributed by atoms with E-state index in [1.807, 2.05) is 4.72 Å². The Morgan fingerprint density at radius 3 is 2.48 bits per heavy atom. The monoisotopic (exact) mass is 317 g/mol. The van der Waals surface area contributed by atoms with Crippen LogP contribution in [-0.2, 0) is 19.6 Å². The molecule has 0 aliphatic carbocycles. The number of carboxylic acid groups (broad SMARTS) is 1. The second-order valence-electron chi connectivity index (χ2n) is 4.01. The van der Waals surface area contributed by atoms with Crippen LogP contribution in [0.3, 0.4) is 0 Å². The average Bonchev–Trinajstić information content (AvgIpc) is 2.45. The predicted octanol–water partition coefficient (Wildman–Crippen LogP) is -0.413. The molecule has 0 fully saturated rings. The van der Waals surface area contributed by atoms with E-state index in [2.05, 4.69) is 4.74 Å². The highest BCUT2D eigenvalue weighted by atomic mass is 32.2. The summed E-state index contributed by atoms with van der Waals surface area (Å²) < 4.78 is 30.8. The van der Waals surface area contributed by atoms with Gasteiger partial charge in [0.1, 0.15) is 6.04 Å². The van der Waals surface area contributed by atoms with Crippen LogP contribution in [-0.4, -0.2) is 50.3 Å². The molecule has 3 N–H and O–H groups in total. The fourth-order valence-electron chi connectivity index (χ4n) is 1.59. The van der Waals surface area contributed by atoms with Crippen molar-refractivity contribution in [3.8, 4) is 0 Å². The zero-order valence-electron chi connectivity index (χ0n) is 11.1. The number of methoxy groups -OCH3 is 1. The van der Waals surface area contributed by atoms with Crippen molar-refractivity contribution in [3.63, 3.8) is 0 Å². The van der Waals surface area contributed by atoms with Crippen molar-refractivity contribution in [2.75, 3.05) is 13.7 Å². The SMILES string of the molecule is COC(=O)c1ccccc1S(=O)(=O)N[C@@H](CCO)C(=O)O. The van der Waals surface area contributed by atoms with Gasteiger partial charge in [0.05, 0.1) is 17.6 Å². The molecular formula is C12H15NO7S. The van der Waals surface area contributed by atoms with Gasteiger partial charge in [0.2, 0.25) is 10.0 Å². The standard InChI is InChI=1S/C12H15NO7S/c1-20-12(17)8-4-2-3-5-10(8)21(18,19)13-9(6-7-14)11(15)16/h2-5,9,13-14H,6-7H2,1H3,(H,15,16)/t9-/m0/s1. The zero-order valence-corrected chi connectivity index (χ0v) is 12.0. The molecule has 1 atom stereocenters. The maximum Gasteiger partial charge on any atom is 0.339 e. The Hall–Kier alpha value is -1.97. The number of aliphatic carboxylic acids is 1. The third-order valence-corrected chi connectivity index (χ3v) is 4.13. The lowest BCUT2D eigenvalue weighted by molar-refractivity contribution is -0.139. The number of ether oxygens (including phenoxy) is 1. The minimum Gasteiger partial charge on any atom is -0.480 e. The largest absolute Gasteiger partial charge is 0.480 e. The van der Waals surface area contributed by atoms with E-state index in [1.165, 1.54) is 18.2 Å². The van der Waals surface area contributed by atoms with Crippen molar-refractivity contribution in [1.29, 1.82) is 0 Å². The summed E-state index contributed by atoms with van der Waals surface area (Å²) in [6, 6.07) is 3.76. The van der Waals surface area contributed by atoms with E-state index in [0.29, 0.717) is 0 Å². The molecule has 1 aromatic rings. The van der Waals surface area contributed by atoms with Crippen LogP contribution in [0, 0.1) is 0 Å². The van der Waals surface area contributed by atoms with Gasteiger partial charge in [-0.05, 0) is 18.6 Å². The third-order valence-electron chi connectivity index (χ3n) is 2.60. The maximum absolute atomic E-state index is 12.2. The highest BCUT2D eigenvalue weighted by molar-refractivity contribution is 7.89. The quantitative estimate of drug-likeness (QED) is 0.583. The van der Waals surface area contributed by atoms with Crippen LogP contribution in [0.4, 0.5) is 0 Å². The zero-order chi connectivity index (χ0) is 16.0. The average molecular weight is 317 g/mol. The lowest BCUT2D eigenvalue weighted by Gasteiger charge is -2.15. The number of aliphatic hydroxyl groups is 1. The van der Waals surface area contributed by atoms with Crippen LogP contribution in [0.15, 0.2) is 29.2 Å². The van der Waals surface area contributed by atoms with Gasteiger partial charge in [-0.15, -0.1) is 0 Å². The van der Waals surface area contributed by atoms with E-state index < -0.39 is 34.6 Å². The molecule has 9 heteroatoms. The molecule has 0 saturated heterocycles. The molecule has 0 aromatic heterocycles. The topological polar surface area (TPSA) is 130 Å². The van der Waals surface area contributed by atoms with E-state index in [1.54, 1.807) is 0 Å². The number of carbonyl (C=O) groups excluding carboxylic acids is 1. The van der Waals surface area contributed by atoms with E-state index in [4.69, 9.17) is 10.2 Å². The molecule has 21 heavy (non-hydrogen) atoms. The summed E-state index contributed by atoms with van der Waals surface area (Å²) in [5.41, 5.74) is -0.208. The lowest BCUT2D eigenvalue weighted by atomic mass is 10.2. The normalized spacial score (nSPS) is 12.7. The van der Waals surface area contributed by atoms with Crippen LogP contribution in [0.1, 0.15) is 16.8 Å². The first kappa shape index (κ1) is 17.1. The number of nitrogens with one attached hydrogen (secondary N) is 1. The van der Waals surface area contributed by atoms with E-state index >= 15 is 0 Å². The molecule has 1 rings (SSSR count). The van der Waals surface area contributed by atoms with Gasteiger partial charge in [0, 0.05) is 6.61 Å². The van der Waals surface area contributed by atoms with Crippen LogP contribution in [0.5, 0.6) is 0 Å². The fraction of sp³-hybridized carbons (Fsp3) is 0.333. The van der Waals surface area contributed by atoms with Crippen molar-refractivity contribution in [2.45, 2.75) is 17.4 Å². The predicted molar refractivity (Wildman–Crippen MR) is 71.2 cm³/mol. The van der Waals surface area contributed by atoms with Crippen molar-refractivity contribution in [3.05, 3.63) is 29.8 Å². The smallest absolute Gasteiger partial charge is 0.339 e. The first-order valence-corrected chi connectivity index (χ1v) is 7.35. The molecule has 0 saturated carbocycles. The number of esters is 1. The van der Waals surface area contributed by atoms with E-state index in [0.717, 1.165) is 13.2 Å². The first-order chi connectivity index (χ1) is 9.83. The van der Waals surface area contributed by atoms with Crippen molar-refractivity contribution in [2.24, 2.45) is 0 Å². The second-order valence-corrected chi connectivity index (χ2v) is 5.69. The summed E-state index contributed by atoms with van der Waals surface area (Å²) in [6.45, 7) is -0.502. The molecule has 8 nitrogen and oxygen atoms in total.